The maximum absolute atomic E-state index is 11.5. The molecule has 0 aliphatic carbocycles. The van der Waals surface area contributed by atoms with Crippen LogP contribution in [-0.4, -0.2) is 30.6 Å². The summed E-state index contributed by atoms with van der Waals surface area (Å²) in [6.45, 7) is 4.31. The molecular weight excluding hydrogens is 226 g/mol. The number of ether oxygens (including phenoxy) is 1. The van der Waals surface area contributed by atoms with Gasteiger partial charge in [-0.25, -0.2) is 4.98 Å². The normalized spacial score (nSPS) is 12.8. The third-order valence-corrected chi connectivity index (χ3v) is 2.80. The predicted octanol–water partition coefficient (Wildman–Crippen LogP) is 1.18. The number of thiazole rings is 1. The highest BCUT2D eigenvalue weighted by Crippen LogP contribution is 2.21. The number of aromatic nitrogens is 1. The largest absolute Gasteiger partial charge is 0.383 e. The summed E-state index contributed by atoms with van der Waals surface area (Å²) >= 11 is 1.40. The summed E-state index contributed by atoms with van der Waals surface area (Å²) in [7, 11) is 1.51. The summed E-state index contributed by atoms with van der Waals surface area (Å²) in [6.07, 6.45) is 0. The lowest BCUT2D eigenvalue weighted by Crippen LogP contribution is -2.39. The minimum atomic E-state index is -0.656. The second kappa shape index (κ2) is 5.93. The molecule has 5 nitrogen and oxygen atoms in total. The Bertz CT molecular complexity index is 352. The lowest BCUT2D eigenvalue weighted by Gasteiger charge is -2.08. The van der Waals surface area contributed by atoms with Gasteiger partial charge < -0.3 is 15.8 Å². The first-order valence-electron chi connectivity index (χ1n) is 5.05. The Balaban J connectivity index is 2.56. The van der Waals surface area contributed by atoms with E-state index in [0.29, 0.717) is 11.0 Å². The van der Waals surface area contributed by atoms with Crippen LogP contribution in [0.25, 0.3) is 0 Å². The third kappa shape index (κ3) is 3.55. The second-order valence-electron chi connectivity index (χ2n) is 3.78. The number of nitrogens with two attached hydrogens (primary N) is 1. The monoisotopic (exact) mass is 243 g/mol. The van der Waals surface area contributed by atoms with E-state index in [1.807, 2.05) is 5.38 Å². The topological polar surface area (TPSA) is 77.2 Å². The number of hydrogen-bond acceptors (Lipinski definition) is 5. The Hall–Kier alpha value is -0.980. The zero-order valence-corrected chi connectivity index (χ0v) is 10.5. The molecule has 0 spiro atoms. The molecule has 0 radical (unpaired) electrons. The van der Waals surface area contributed by atoms with E-state index in [1.165, 1.54) is 18.4 Å². The number of carbonyl (C=O) groups excluding carboxylic acids is 1. The number of carbonyl (C=O) groups is 1. The van der Waals surface area contributed by atoms with E-state index < -0.39 is 6.04 Å². The molecule has 1 atom stereocenters. The molecular formula is C10H17N3O2S. The Kier molecular flexibility index (Phi) is 4.85. The van der Waals surface area contributed by atoms with E-state index in [9.17, 15) is 4.79 Å². The smallest absolute Gasteiger partial charge is 0.245 e. The number of hydrogen-bond donors (Lipinski definition) is 2. The fourth-order valence-corrected chi connectivity index (χ4v) is 1.94. The van der Waals surface area contributed by atoms with Crippen LogP contribution in [-0.2, 0) is 9.53 Å². The van der Waals surface area contributed by atoms with Crippen molar-refractivity contribution in [1.82, 2.24) is 4.98 Å². The number of nitrogens with zero attached hydrogens (tertiary/aromatic N) is 1. The Labute approximate surface area is 99.0 Å². The average molecular weight is 243 g/mol. The van der Waals surface area contributed by atoms with Crippen LogP contribution in [0.5, 0.6) is 0 Å². The van der Waals surface area contributed by atoms with E-state index in [-0.39, 0.29) is 12.5 Å². The minimum Gasteiger partial charge on any atom is -0.383 e. The standard InChI is InChI=1S/C10H17N3O2S/c1-6(2)8-5-16-10(12-8)13-9(14)7(11)4-15-3/h5-7H,4,11H2,1-3H3,(H,12,13,14). The molecule has 16 heavy (non-hydrogen) atoms. The molecule has 0 bridgehead atoms. The van der Waals surface area contributed by atoms with Crippen LogP contribution in [0.3, 0.4) is 0 Å². The molecule has 3 N–H and O–H groups in total. The highest BCUT2D eigenvalue weighted by atomic mass is 32.1. The van der Waals surface area contributed by atoms with Crippen molar-refractivity contribution in [3.63, 3.8) is 0 Å². The van der Waals surface area contributed by atoms with Gasteiger partial charge in [0.15, 0.2) is 5.13 Å². The Morgan fingerprint density at radius 3 is 2.88 bits per heavy atom. The fourth-order valence-electron chi connectivity index (χ4n) is 1.06. The molecule has 1 amide bonds. The van der Waals surface area contributed by atoms with Gasteiger partial charge >= 0.3 is 0 Å². The molecule has 0 saturated heterocycles. The van der Waals surface area contributed by atoms with Gasteiger partial charge in [-0.2, -0.15) is 0 Å². The molecule has 1 aromatic heterocycles. The Morgan fingerprint density at radius 2 is 2.38 bits per heavy atom. The molecule has 0 aliphatic rings. The summed E-state index contributed by atoms with van der Waals surface area (Å²) in [6, 6.07) is -0.656. The third-order valence-electron chi connectivity index (χ3n) is 2.03. The molecule has 1 heterocycles. The maximum Gasteiger partial charge on any atom is 0.245 e. The van der Waals surface area contributed by atoms with E-state index in [2.05, 4.69) is 24.1 Å². The highest BCUT2D eigenvalue weighted by molar-refractivity contribution is 7.13. The number of rotatable bonds is 5. The fraction of sp³-hybridized carbons (Fsp3) is 0.600. The first kappa shape index (κ1) is 13.1. The minimum absolute atomic E-state index is 0.203. The maximum atomic E-state index is 11.5. The van der Waals surface area contributed by atoms with Gasteiger partial charge in [-0.3, -0.25) is 4.79 Å². The van der Waals surface area contributed by atoms with Crippen LogP contribution >= 0.6 is 11.3 Å². The van der Waals surface area contributed by atoms with Gasteiger partial charge in [-0.1, -0.05) is 13.8 Å². The summed E-state index contributed by atoms with van der Waals surface area (Å²) in [5.41, 5.74) is 6.55. The highest BCUT2D eigenvalue weighted by Gasteiger charge is 2.15. The molecule has 0 saturated carbocycles. The van der Waals surface area contributed by atoms with Crippen molar-refractivity contribution in [3.05, 3.63) is 11.1 Å². The molecule has 0 aliphatic heterocycles. The SMILES string of the molecule is COCC(N)C(=O)Nc1nc(C(C)C)cs1. The van der Waals surface area contributed by atoms with Crippen LogP contribution in [0.2, 0.25) is 0 Å². The molecule has 0 aromatic carbocycles. The number of nitrogens with one attached hydrogen (secondary N) is 1. The number of amides is 1. The van der Waals surface area contributed by atoms with Crippen LogP contribution in [0.15, 0.2) is 5.38 Å². The first-order chi connectivity index (χ1) is 7.54. The van der Waals surface area contributed by atoms with E-state index in [1.54, 1.807) is 0 Å². The van der Waals surface area contributed by atoms with Crippen molar-refractivity contribution in [2.75, 3.05) is 19.0 Å². The van der Waals surface area contributed by atoms with Gasteiger partial charge in [-0.05, 0) is 5.92 Å². The summed E-state index contributed by atoms with van der Waals surface area (Å²) in [4.78, 5) is 15.8. The summed E-state index contributed by atoms with van der Waals surface area (Å²) in [5.74, 6) is 0.0843. The second-order valence-corrected chi connectivity index (χ2v) is 4.64. The number of anilines is 1. The van der Waals surface area contributed by atoms with Crippen molar-refractivity contribution in [2.24, 2.45) is 5.73 Å². The van der Waals surface area contributed by atoms with Gasteiger partial charge in [0.25, 0.3) is 0 Å². The summed E-state index contributed by atoms with van der Waals surface area (Å²) < 4.78 is 4.80. The van der Waals surface area contributed by atoms with Crippen LogP contribution < -0.4 is 11.1 Å². The average Bonchev–Trinajstić information content (AvgIpc) is 2.66. The Morgan fingerprint density at radius 1 is 1.69 bits per heavy atom. The van der Waals surface area contributed by atoms with Crippen molar-refractivity contribution in [3.8, 4) is 0 Å². The van der Waals surface area contributed by atoms with Crippen LogP contribution in [0.4, 0.5) is 5.13 Å². The molecule has 90 valence electrons. The molecule has 1 rings (SSSR count). The van der Waals surface area contributed by atoms with Crippen molar-refractivity contribution in [1.29, 1.82) is 0 Å². The first-order valence-corrected chi connectivity index (χ1v) is 5.93. The van der Waals surface area contributed by atoms with E-state index >= 15 is 0 Å². The van der Waals surface area contributed by atoms with Gasteiger partial charge in [0.1, 0.15) is 6.04 Å². The molecule has 1 aromatic rings. The quantitative estimate of drug-likeness (QED) is 0.814. The van der Waals surface area contributed by atoms with Crippen LogP contribution in [0.1, 0.15) is 25.5 Å². The zero-order valence-electron chi connectivity index (χ0n) is 9.69. The number of methoxy groups -OCH3 is 1. The van der Waals surface area contributed by atoms with Crippen LogP contribution in [0, 0.1) is 0 Å². The summed E-state index contributed by atoms with van der Waals surface area (Å²) in [5, 5.41) is 5.18. The van der Waals surface area contributed by atoms with Gasteiger partial charge in [-0.15, -0.1) is 11.3 Å². The van der Waals surface area contributed by atoms with E-state index in [0.717, 1.165) is 5.69 Å². The molecule has 1 unspecified atom stereocenters. The van der Waals surface area contributed by atoms with Crippen molar-refractivity contribution < 1.29 is 9.53 Å². The zero-order chi connectivity index (χ0) is 12.1. The van der Waals surface area contributed by atoms with E-state index in [4.69, 9.17) is 10.5 Å². The van der Waals surface area contributed by atoms with Gasteiger partial charge in [0, 0.05) is 12.5 Å². The molecule has 0 fully saturated rings. The lowest BCUT2D eigenvalue weighted by molar-refractivity contribution is -0.118. The van der Waals surface area contributed by atoms with Crippen molar-refractivity contribution in [2.45, 2.75) is 25.8 Å². The van der Waals surface area contributed by atoms with Gasteiger partial charge in [0.05, 0.1) is 12.3 Å². The predicted molar refractivity (Wildman–Crippen MR) is 64.7 cm³/mol. The van der Waals surface area contributed by atoms with Gasteiger partial charge in [0.2, 0.25) is 5.91 Å². The van der Waals surface area contributed by atoms with Crippen molar-refractivity contribution >= 4 is 22.4 Å². The lowest BCUT2D eigenvalue weighted by atomic mass is 10.2. The molecule has 6 heteroatoms.